The molecule has 1 aliphatic heterocycles. The average Bonchev–Trinajstić information content (AvgIpc) is 2.52. The minimum atomic E-state index is -1.28. The zero-order valence-electron chi connectivity index (χ0n) is 8.70. The number of aliphatic hydroxyl groups is 3. The van der Waals surface area contributed by atoms with Crippen LogP contribution in [0.25, 0.3) is 0 Å². The van der Waals surface area contributed by atoms with Gasteiger partial charge in [0.25, 0.3) is 0 Å². The quantitative estimate of drug-likeness (QED) is 0.384. The molecule has 1 heterocycles. The van der Waals surface area contributed by atoms with Crippen LogP contribution in [0.2, 0.25) is 0 Å². The molecule has 8 heteroatoms. The van der Waals surface area contributed by atoms with E-state index in [1.807, 2.05) is 0 Å². The van der Waals surface area contributed by atoms with Gasteiger partial charge in [-0.2, -0.15) is 11.8 Å². The fourth-order valence-corrected chi connectivity index (χ4v) is 2.08. The molecule has 0 fully saturated rings. The lowest BCUT2D eigenvalue weighted by Crippen LogP contribution is -2.30. The van der Waals surface area contributed by atoms with Gasteiger partial charge in [-0.25, -0.2) is 4.79 Å². The minimum absolute atomic E-state index is 0.0467. The Morgan fingerprint density at radius 3 is 2.59 bits per heavy atom. The summed E-state index contributed by atoms with van der Waals surface area (Å²) in [6.45, 7) is 0. The number of aliphatic hydroxyl groups excluding tert-OH is 3. The van der Waals surface area contributed by atoms with Crippen LogP contribution in [0.3, 0.4) is 0 Å². The summed E-state index contributed by atoms with van der Waals surface area (Å²) in [4.78, 5) is 21.0. The molecule has 0 aromatic heterocycles. The first-order chi connectivity index (χ1) is 7.93. The van der Waals surface area contributed by atoms with Crippen molar-refractivity contribution in [2.45, 2.75) is 18.6 Å². The third-order valence-electron chi connectivity index (χ3n) is 2.04. The number of rotatable bonds is 6. The van der Waals surface area contributed by atoms with Crippen LogP contribution in [-0.2, 0) is 14.3 Å². The summed E-state index contributed by atoms with van der Waals surface area (Å²) in [7, 11) is 0. The van der Waals surface area contributed by atoms with Crippen molar-refractivity contribution in [2.75, 3.05) is 11.5 Å². The Kier molecular flexibility index (Phi) is 4.64. The smallest absolute Gasteiger partial charge is 0.377 e. The Morgan fingerprint density at radius 1 is 1.47 bits per heavy atom. The first-order valence-electron chi connectivity index (χ1n) is 4.74. The molecule has 0 aromatic rings. The van der Waals surface area contributed by atoms with Crippen LogP contribution in [0.4, 0.5) is 0 Å². The van der Waals surface area contributed by atoms with Crippen molar-refractivity contribution in [3.63, 3.8) is 0 Å². The molecule has 1 rings (SSSR count). The van der Waals surface area contributed by atoms with Crippen molar-refractivity contribution >= 4 is 23.7 Å². The fourth-order valence-electron chi connectivity index (χ4n) is 1.18. The van der Waals surface area contributed by atoms with Gasteiger partial charge in [0.1, 0.15) is 6.10 Å². The summed E-state index contributed by atoms with van der Waals surface area (Å²) < 4.78 is 4.53. The molecule has 0 bridgehead atoms. The second-order valence-corrected chi connectivity index (χ2v) is 4.50. The number of carboxylic acids is 1. The Labute approximate surface area is 101 Å². The van der Waals surface area contributed by atoms with E-state index in [0.29, 0.717) is 5.75 Å². The lowest BCUT2D eigenvalue weighted by Gasteiger charge is -2.16. The first-order valence-corrected chi connectivity index (χ1v) is 5.89. The molecule has 0 radical (unpaired) electrons. The van der Waals surface area contributed by atoms with Crippen LogP contribution in [0.15, 0.2) is 11.5 Å². The number of hydrogen-bond acceptors (Lipinski definition) is 7. The lowest BCUT2D eigenvalue weighted by atomic mass is 10.2. The molecule has 0 saturated heterocycles. The van der Waals surface area contributed by atoms with Gasteiger partial charge < -0.3 is 25.2 Å². The monoisotopic (exact) mass is 264 g/mol. The second kappa shape index (κ2) is 5.78. The molecule has 7 nitrogen and oxygen atoms in total. The molecule has 1 aliphatic rings. The summed E-state index contributed by atoms with van der Waals surface area (Å²) >= 11 is 1.14. The second-order valence-electron chi connectivity index (χ2n) is 3.35. The highest BCUT2D eigenvalue weighted by Crippen LogP contribution is 2.23. The van der Waals surface area contributed by atoms with E-state index in [1.165, 1.54) is 0 Å². The van der Waals surface area contributed by atoms with Crippen LogP contribution in [-0.4, -0.2) is 56.1 Å². The number of thioether (sulfide) groups is 1. The summed E-state index contributed by atoms with van der Waals surface area (Å²) in [5.41, 5.74) is 0. The summed E-state index contributed by atoms with van der Waals surface area (Å²) in [6.07, 6.45) is -2.52. The topological polar surface area (TPSA) is 124 Å². The molecule has 0 aromatic carbocycles. The molecule has 2 atom stereocenters. The number of carbonyl (C=O) groups excluding carboxylic acids is 1. The van der Waals surface area contributed by atoms with Crippen molar-refractivity contribution in [2.24, 2.45) is 0 Å². The van der Waals surface area contributed by atoms with E-state index in [4.69, 9.17) is 10.2 Å². The summed E-state index contributed by atoms with van der Waals surface area (Å²) in [5.74, 6) is -3.24. The predicted molar refractivity (Wildman–Crippen MR) is 57.7 cm³/mol. The van der Waals surface area contributed by atoms with E-state index in [-0.39, 0.29) is 12.2 Å². The molecular formula is C9H12O7S. The van der Waals surface area contributed by atoms with Gasteiger partial charge in [0.2, 0.25) is 5.76 Å². The molecule has 0 aliphatic carbocycles. The molecule has 0 spiro atoms. The van der Waals surface area contributed by atoms with Crippen LogP contribution >= 0.6 is 11.8 Å². The van der Waals surface area contributed by atoms with E-state index >= 15 is 0 Å². The highest BCUT2D eigenvalue weighted by atomic mass is 32.2. The van der Waals surface area contributed by atoms with Gasteiger partial charge in [-0.3, -0.25) is 4.79 Å². The molecular weight excluding hydrogens is 252 g/mol. The Bertz CT molecular complexity index is 351. The average molecular weight is 264 g/mol. The molecule has 0 saturated carbocycles. The van der Waals surface area contributed by atoms with Crippen LogP contribution in [0.5, 0.6) is 0 Å². The summed E-state index contributed by atoms with van der Waals surface area (Å²) in [6, 6.07) is 0. The van der Waals surface area contributed by atoms with Crippen molar-refractivity contribution in [3.8, 4) is 0 Å². The van der Waals surface area contributed by atoms with Gasteiger partial charge in [0, 0.05) is 11.5 Å². The van der Waals surface area contributed by atoms with Gasteiger partial charge in [0.15, 0.2) is 11.9 Å². The van der Waals surface area contributed by atoms with E-state index in [1.54, 1.807) is 0 Å². The molecule has 0 amide bonds. The lowest BCUT2D eigenvalue weighted by molar-refractivity contribution is -0.146. The Hall–Kier alpha value is -1.41. The van der Waals surface area contributed by atoms with E-state index in [0.717, 1.165) is 11.8 Å². The van der Waals surface area contributed by atoms with Gasteiger partial charge >= 0.3 is 11.9 Å². The third-order valence-corrected chi connectivity index (χ3v) is 3.11. The van der Waals surface area contributed by atoms with Crippen molar-refractivity contribution < 1.29 is 34.8 Å². The van der Waals surface area contributed by atoms with Crippen molar-refractivity contribution in [1.29, 1.82) is 0 Å². The number of hydrogen-bond donors (Lipinski definition) is 4. The number of cyclic esters (lactones) is 1. The van der Waals surface area contributed by atoms with E-state index in [2.05, 4.69) is 4.74 Å². The molecule has 4 N–H and O–H groups in total. The zero-order chi connectivity index (χ0) is 13.0. The fraction of sp³-hybridized carbons (Fsp3) is 0.556. The SMILES string of the molecule is O=C(O)CCSCC(O)C1OC(=O)C(O)=C1O. The maximum atomic E-state index is 10.8. The highest BCUT2D eigenvalue weighted by molar-refractivity contribution is 7.99. The number of carboxylic acid groups (broad SMARTS) is 1. The van der Waals surface area contributed by atoms with Crippen LogP contribution in [0, 0.1) is 0 Å². The predicted octanol–water partition coefficient (Wildman–Crippen LogP) is -0.192. The molecule has 96 valence electrons. The highest BCUT2D eigenvalue weighted by Gasteiger charge is 2.38. The zero-order valence-corrected chi connectivity index (χ0v) is 9.51. The van der Waals surface area contributed by atoms with Gasteiger partial charge in [-0.15, -0.1) is 0 Å². The van der Waals surface area contributed by atoms with Crippen molar-refractivity contribution in [1.82, 2.24) is 0 Å². The Morgan fingerprint density at radius 2 is 2.12 bits per heavy atom. The maximum absolute atomic E-state index is 10.8. The number of carbonyl (C=O) groups is 2. The number of aliphatic carboxylic acids is 1. The van der Waals surface area contributed by atoms with Crippen LogP contribution < -0.4 is 0 Å². The largest absolute Gasteiger partial charge is 0.505 e. The van der Waals surface area contributed by atoms with Crippen LogP contribution in [0.1, 0.15) is 6.42 Å². The van der Waals surface area contributed by atoms with Gasteiger partial charge in [-0.1, -0.05) is 0 Å². The number of ether oxygens (including phenoxy) is 1. The normalized spacial score (nSPS) is 21.5. The number of esters is 1. The Balaban J connectivity index is 2.37. The van der Waals surface area contributed by atoms with E-state index < -0.39 is 35.7 Å². The standard InChI is InChI=1S/C9H12O7S/c10-4(3-17-2-1-5(11)12)8-6(13)7(14)9(15)16-8/h4,8,10,13-14H,1-3H2,(H,11,12). The first kappa shape index (κ1) is 13.7. The minimum Gasteiger partial charge on any atom is -0.505 e. The van der Waals surface area contributed by atoms with Crippen molar-refractivity contribution in [3.05, 3.63) is 11.5 Å². The van der Waals surface area contributed by atoms with E-state index in [9.17, 15) is 19.8 Å². The maximum Gasteiger partial charge on any atom is 0.377 e. The summed E-state index contributed by atoms with van der Waals surface area (Å²) in [5, 5.41) is 36.2. The van der Waals surface area contributed by atoms with Gasteiger partial charge in [0.05, 0.1) is 6.42 Å². The molecule has 17 heavy (non-hydrogen) atoms. The molecule has 2 unspecified atom stereocenters. The van der Waals surface area contributed by atoms with Gasteiger partial charge in [-0.05, 0) is 0 Å². The third kappa shape index (κ3) is 3.53.